The number of nitrogens with zero attached hydrogens (tertiary/aromatic N) is 9. The van der Waals surface area contributed by atoms with Crippen LogP contribution in [0.4, 0.5) is 5.95 Å². The molecular formula is C44H50ClN11O7. The third-order valence-electron chi connectivity index (χ3n) is 13.0. The summed E-state index contributed by atoms with van der Waals surface area (Å²) < 4.78 is 13.2. The molecule has 4 aromatic rings. The highest BCUT2D eigenvalue weighted by Crippen LogP contribution is 2.55. The van der Waals surface area contributed by atoms with E-state index in [-0.39, 0.29) is 48.8 Å². The maximum absolute atomic E-state index is 13.4. The SMILES string of the molecule is CC1(C)C(NC(=O)c2cnc(N3CCN(CC4CCN(C(=O)COc5ccc6nnn(C7CCC(=O)NC7=O)c(=O)c6c5)CC4)CC3)nc2)C(C)(C)C1Oc1ccc(C#N)c(Cl)c1. The van der Waals surface area contributed by atoms with Crippen molar-refractivity contribution in [3.05, 3.63) is 75.3 Å². The molecule has 63 heavy (non-hydrogen) atoms. The van der Waals surface area contributed by atoms with Gasteiger partial charge >= 0.3 is 0 Å². The summed E-state index contributed by atoms with van der Waals surface area (Å²) in [7, 11) is 0. The van der Waals surface area contributed by atoms with Gasteiger partial charge < -0.3 is 24.6 Å². The van der Waals surface area contributed by atoms with Crippen molar-refractivity contribution < 1.29 is 28.7 Å². The lowest BCUT2D eigenvalue weighted by Crippen LogP contribution is -2.74. The van der Waals surface area contributed by atoms with Gasteiger partial charge in [-0.1, -0.05) is 44.5 Å². The van der Waals surface area contributed by atoms with Crippen molar-refractivity contribution in [2.45, 2.75) is 71.6 Å². The van der Waals surface area contributed by atoms with Crippen molar-refractivity contribution in [2.24, 2.45) is 16.7 Å². The van der Waals surface area contributed by atoms with E-state index in [2.05, 4.69) is 74.5 Å². The summed E-state index contributed by atoms with van der Waals surface area (Å²) >= 11 is 6.24. The fourth-order valence-electron chi connectivity index (χ4n) is 9.75. The van der Waals surface area contributed by atoms with E-state index in [1.54, 1.807) is 42.7 Å². The Morgan fingerprint density at radius 2 is 1.63 bits per heavy atom. The molecule has 2 aromatic carbocycles. The van der Waals surface area contributed by atoms with E-state index in [1.807, 2.05) is 4.90 Å². The first-order valence-corrected chi connectivity index (χ1v) is 21.6. The number of aromatic nitrogens is 5. The van der Waals surface area contributed by atoms with Crippen LogP contribution in [-0.4, -0.2) is 123 Å². The molecule has 8 rings (SSSR count). The Morgan fingerprint density at radius 1 is 0.937 bits per heavy atom. The maximum atomic E-state index is 13.4. The van der Waals surface area contributed by atoms with E-state index >= 15 is 0 Å². The fourth-order valence-corrected chi connectivity index (χ4v) is 9.96. The van der Waals surface area contributed by atoms with E-state index in [4.69, 9.17) is 21.1 Å². The molecule has 1 unspecified atom stereocenters. The number of fused-ring (bicyclic) bond motifs is 1. The van der Waals surface area contributed by atoms with E-state index < -0.39 is 34.2 Å². The summed E-state index contributed by atoms with van der Waals surface area (Å²) in [6, 6.07) is 10.7. The lowest BCUT2D eigenvalue weighted by atomic mass is 9.49. The summed E-state index contributed by atoms with van der Waals surface area (Å²) in [4.78, 5) is 79.2. The molecule has 1 atom stereocenters. The van der Waals surface area contributed by atoms with Gasteiger partial charge in [-0.3, -0.25) is 34.2 Å². The van der Waals surface area contributed by atoms with Gasteiger partial charge in [-0.15, -0.1) is 5.10 Å². The first kappa shape index (κ1) is 43.5. The van der Waals surface area contributed by atoms with E-state index in [9.17, 15) is 29.2 Å². The van der Waals surface area contributed by atoms with E-state index in [0.29, 0.717) is 58.1 Å². The molecule has 1 aliphatic carbocycles. The number of hydrogen-bond donors (Lipinski definition) is 2. The van der Waals surface area contributed by atoms with Crippen LogP contribution in [0.5, 0.6) is 11.5 Å². The molecule has 4 amide bonds. The Morgan fingerprint density at radius 3 is 2.30 bits per heavy atom. The zero-order valence-corrected chi connectivity index (χ0v) is 36.4. The number of benzene rings is 2. The number of piperazine rings is 1. The van der Waals surface area contributed by atoms with Gasteiger partial charge in [0.15, 0.2) is 6.61 Å². The standard InChI is InChI=1S/C44H50ClN11O7/c1-43(2)40(44(3,4)41(43)63-30-6-5-27(21-46)32(45)20-30)50-37(59)28-22-47-42(48-23-28)55-17-15-53(16-18-55)24-26-11-13-54(14-12-26)36(58)25-62-29-7-8-33-31(19-29)39(61)56(52-51-33)34-9-10-35(57)49-38(34)60/h5-8,19-20,22-23,26,34,40-41H,9-18,24-25H2,1-4H3,(H,50,59)(H,49,57,60). The van der Waals surface area contributed by atoms with Gasteiger partial charge in [0.1, 0.15) is 35.2 Å². The largest absolute Gasteiger partial charge is 0.489 e. The quantitative estimate of drug-likeness (QED) is 0.207. The molecular weight excluding hydrogens is 830 g/mol. The zero-order chi connectivity index (χ0) is 44.6. The minimum Gasteiger partial charge on any atom is -0.489 e. The molecule has 18 nitrogen and oxygen atoms in total. The van der Waals surface area contributed by atoms with Gasteiger partial charge in [0, 0.05) is 87.6 Å². The van der Waals surface area contributed by atoms with Crippen LogP contribution in [0.15, 0.2) is 53.6 Å². The highest BCUT2D eigenvalue weighted by Gasteiger charge is 2.64. The lowest BCUT2D eigenvalue weighted by molar-refractivity contribution is -0.164. The lowest BCUT2D eigenvalue weighted by Gasteiger charge is -2.63. The average Bonchev–Trinajstić information content (AvgIpc) is 3.27. The molecule has 3 saturated heterocycles. The number of anilines is 1. The molecule has 4 aliphatic rings. The van der Waals surface area contributed by atoms with E-state index in [1.165, 1.54) is 6.07 Å². The first-order valence-electron chi connectivity index (χ1n) is 21.2. The number of nitrogens with one attached hydrogen (secondary N) is 2. The van der Waals surface area contributed by atoms with Crippen LogP contribution in [0, 0.1) is 28.1 Å². The smallest absolute Gasteiger partial charge is 0.278 e. The summed E-state index contributed by atoms with van der Waals surface area (Å²) in [6.45, 7) is 13.4. The molecule has 1 saturated carbocycles. The highest BCUT2D eigenvalue weighted by molar-refractivity contribution is 6.31. The van der Waals surface area contributed by atoms with Crippen LogP contribution in [0.3, 0.4) is 0 Å². The zero-order valence-electron chi connectivity index (χ0n) is 35.7. The second kappa shape index (κ2) is 17.5. The molecule has 4 fully saturated rings. The van der Waals surface area contributed by atoms with Crippen molar-refractivity contribution in [1.82, 2.24) is 45.4 Å². The van der Waals surface area contributed by atoms with Gasteiger partial charge in [-0.25, -0.2) is 9.97 Å². The second-order valence-electron chi connectivity index (χ2n) is 18.0. The van der Waals surface area contributed by atoms with Crippen LogP contribution in [0.1, 0.15) is 75.3 Å². The van der Waals surface area contributed by atoms with Crippen molar-refractivity contribution in [3.63, 3.8) is 0 Å². The molecule has 2 N–H and O–H groups in total. The maximum Gasteiger partial charge on any atom is 0.278 e. The minimum atomic E-state index is -0.937. The van der Waals surface area contributed by atoms with E-state index in [0.717, 1.165) is 50.2 Å². The Kier molecular flexibility index (Phi) is 12.1. The molecule has 330 valence electrons. The number of nitriles is 1. The number of halogens is 1. The van der Waals surface area contributed by atoms with Gasteiger partial charge in [-0.05, 0) is 55.5 Å². The number of amides is 4. The third-order valence-corrected chi connectivity index (χ3v) is 13.3. The predicted octanol–water partition coefficient (Wildman–Crippen LogP) is 3.14. The summed E-state index contributed by atoms with van der Waals surface area (Å²) in [5.74, 6) is 0.547. The normalized spacial score (nSPS) is 22.4. The Labute approximate surface area is 368 Å². The van der Waals surface area contributed by atoms with Gasteiger partial charge in [0.05, 0.1) is 21.5 Å². The first-order chi connectivity index (χ1) is 30.1. The monoisotopic (exact) mass is 879 g/mol. The number of carbonyl (C=O) groups excluding carboxylic acids is 4. The fraction of sp³-hybridized carbons (Fsp3) is 0.500. The number of ether oxygens (including phenoxy) is 2. The van der Waals surface area contributed by atoms with Gasteiger partial charge in [0.2, 0.25) is 11.9 Å². The molecule has 0 bridgehead atoms. The molecule has 0 spiro atoms. The Hall–Kier alpha value is -6.19. The molecule has 19 heteroatoms. The van der Waals surface area contributed by atoms with Crippen LogP contribution in [0.2, 0.25) is 5.02 Å². The second-order valence-corrected chi connectivity index (χ2v) is 18.4. The number of rotatable bonds is 11. The number of likely N-dealkylation sites (tertiary alicyclic amines) is 1. The van der Waals surface area contributed by atoms with Gasteiger partial charge in [0.25, 0.3) is 23.3 Å². The molecule has 3 aliphatic heterocycles. The summed E-state index contributed by atoms with van der Waals surface area (Å²) in [5.41, 5.74) is -0.250. The predicted molar refractivity (Wildman–Crippen MR) is 230 cm³/mol. The Bertz CT molecular complexity index is 2510. The van der Waals surface area contributed by atoms with Crippen LogP contribution in [-0.2, 0) is 14.4 Å². The number of hydrogen-bond acceptors (Lipinski definition) is 14. The van der Waals surface area contributed by atoms with Gasteiger partial charge in [-0.2, -0.15) is 9.94 Å². The average molecular weight is 880 g/mol. The number of carbonyl (C=O) groups is 4. The minimum absolute atomic E-state index is 0.0964. The van der Waals surface area contributed by atoms with Crippen molar-refractivity contribution in [2.75, 3.05) is 57.3 Å². The van der Waals surface area contributed by atoms with Crippen molar-refractivity contribution >= 4 is 52.1 Å². The molecule has 0 radical (unpaired) electrons. The van der Waals surface area contributed by atoms with Crippen molar-refractivity contribution in [3.8, 4) is 17.6 Å². The number of imide groups is 1. The molecule has 5 heterocycles. The van der Waals surface area contributed by atoms with Crippen molar-refractivity contribution in [1.29, 1.82) is 5.26 Å². The van der Waals surface area contributed by atoms with Crippen LogP contribution >= 0.6 is 11.6 Å². The Balaban J connectivity index is 0.761. The summed E-state index contributed by atoms with van der Waals surface area (Å²) in [6.07, 6.45) is 4.94. The van der Waals surface area contributed by atoms with Crippen LogP contribution in [0.25, 0.3) is 10.9 Å². The summed E-state index contributed by atoms with van der Waals surface area (Å²) in [5, 5.41) is 23.2. The number of piperidine rings is 2. The third kappa shape index (κ3) is 8.89. The molecule has 2 aromatic heterocycles. The highest BCUT2D eigenvalue weighted by atomic mass is 35.5. The van der Waals surface area contributed by atoms with Crippen LogP contribution < -0.4 is 30.6 Å². The topological polar surface area (TPSA) is 218 Å².